The Morgan fingerprint density at radius 3 is 2.38 bits per heavy atom. The number of aromatic nitrogens is 1. The normalized spacial score (nSPS) is 10.2. The van der Waals surface area contributed by atoms with Gasteiger partial charge in [0.15, 0.2) is 0 Å². The summed E-state index contributed by atoms with van der Waals surface area (Å²) in [5, 5.41) is 0. The minimum atomic E-state index is 1.08. The summed E-state index contributed by atoms with van der Waals surface area (Å²) in [5.74, 6) is 0. The van der Waals surface area contributed by atoms with Crippen molar-refractivity contribution in [2.75, 3.05) is 0 Å². The van der Waals surface area contributed by atoms with E-state index in [9.17, 15) is 0 Å². The van der Waals surface area contributed by atoms with Crippen LogP contribution in [0.1, 0.15) is 37.7 Å². The van der Waals surface area contributed by atoms with Gasteiger partial charge in [0.1, 0.15) is 0 Å². The first-order valence-electron chi connectivity index (χ1n) is 5.11. The van der Waals surface area contributed by atoms with Crippen molar-refractivity contribution in [3.05, 3.63) is 37.0 Å². The van der Waals surface area contributed by atoms with Gasteiger partial charge in [-0.15, -0.1) is 0 Å². The van der Waals surface area contributed by atoms with E-state index in [1.54, 1.807) is 0 Å². The van der Waals surface area contributed by atoms with Gasteiger partial charge in [-0.2, -0.15) is 0 Å². The molecule has 0 saturated carbocycles. The van der Waals surface area contributed by atoms with E-state index in [1.165, 1.54) is 37.7 Å². The zero-order chi connectivity index (χ0) is 9.36. The predicted octanol–water partition coefficient (Wildman–Crippen LogP) is 3.41. The molecule has 0 saturated heterocycles. The van der Waals surface area contributed by atoms with E-state index in [4.69, 9.17) is 0 Å². The number of hydrogen-bond donors (Lipinski definition) is 0. The quantitative estimate of drug-likeness (QED) is 0.605. The lowest BCUT2D eigenvalue weighted by atomic mass is 10.1. The first-order valence-corrected chi connectivity index (χ1v) is 5.11. The third kappa shape index (κ3) is 4.66. The number of rotatable bonds is 6. The molecule has 71 valence electrons. The summed E-state index contributed by atoms with van der Waals surface area (Å²) in [6.07, 6.45) is 11.2. The van der Waals surface area contributed by atoms with Crippen molar-refractivity contribution in [3.8, 4) is 0 Å². The van der Waals surface area contributed by atoms with Crippen molar-refractivity contribution in [1.82, 2.24) is 4.98 Å². The Hall–Kier alpha value is -0.850. The van der Waals surface area contributed by atoms with Crippen LogP contribution >= 0.6 is 0 Å². The Kier molecular flexibility index (Phi) is 5.23. The van der Waals surface area contributed by atoms with Crippen LogP contribution in [0, 0.1) is 6.92 Å². The summed E-state index contributed by atoms with van der Waals surface area (Å²) in [7, 11) is 0. The molecule has 1 aromatic heterocycles. The van der Waals surface area contributed by atoms with Gasteiger partial charge in [0, 0.05) is 12.4 Å². The molecule has 0 aliphatic heterocycles. The third-order valence-corrected chi connectivity index (χ3v) is 2.21. The zero-order valence-corrected chi connectivity index (χ0v) is 8.21. The lowest BCUT2D eigenvalue weighted by Crippen LogP contribution is -1.85. The van der Waals surface area contributed by atoms with Crippen LogP contribution in [0.5, 0.6) is 0 Å². The first-order chi connectivity index (χ1) is 6.43. The van der Waals surface area contributed by atoms with E-state index in [1.807, 2.05) is 12.4 Å². The molecule has 0 amide bonds. The van der Waals surface area contributed by atoms with E-state index < -0.39 is 0 Å². The Labute approximate surface area is 81.2 Å². The summed E-state index contributed by atoms with van der Waals surface area (Å²) in [4.78, 5) is 3.99. The topological polar surface area (TPSA) is 12.9 Å². The monoisotopic (exact) mass is 176 g/mol. The average Bonchev–Trinajstić information content (AvgIpc) is 2.19. The highest BCUT2D eigenvalue weighted by atomic mass is 14.6. The van der Waals surface area contributed by atoms with Gasteiger partial charge in [-0.05, 0) is 30.5 Å². The molecule has 0 aliphatic rings. The molecule has 1 nitrogen and oxygen atoms in total. The smallest absolute Gasteiger partial charge is 0.0270 e. The first kappa shape index (κ1) is 10.2. The van der Waals surface area contributed by atoms with Crippen LogP contribution in [-0.4, -0.2) is 4.98 Å². The fraction of sp³-hybridized carbons (Fsp3) is 0.500. The zero-order valence-electron chi connectivity index (χ0n) is 8.21. The van der Waals surface area contributed by atoms with Gasteiger partial charge in [-0.3, -0.25) is 4.98 Å². The Morgan fingerprint density at radius 1 is 1.00 bits per heavy atom. The molecule has 1 aromatic rings. The van der Waals surface area contributed by atoms with Crippen molar-refractivity contribution < 1.29 is 0 Å². The van der Waals surface area contributed by atoms with Crippen LogP contribution in [-0.2, 0) is 6.42 Å². The maximum atomic E-state index is 3.99. The van der Waals surface area contributed by atoms with E-state index in [0.717, 1.165) is 6.42 Å². The lowest BCUT2D eigenvalue weighted by Gasteiger charge is -2.00. The molecule has 0 aromatic carbocycles. The van der Waals surface area contributed by atoms with Gasteiger partial charge in [0.25, 0.3) is 0 Å². The van der Waals surface area contributed by atoms with Crippen molar-refractivity contribution in [1.29, 1.82) is 0 Å². The fourth-order valence-corrected chi connectivity index (χ4v) is 1.41. The standard InChI is InChI=1S/C12H18N/c1-2-3-4-5-6-7-12-8-10-13-11-9-12/h8-11H,1-7H2. The molecule has 0 atom stereocenters. The van der Waals surface area contributed by atoms with Crippen molar-refractivity contribution in [2.45, 2.75) is 38.5 Å². The Morgan fingerprint density at radius 2 is 1.69 bits per heavy atom. The summed E-state index contributed by atoms with van der Waals surface area (Å²) >= 11 is 0. The lowest BCUT2D eigenvalue weighted by molar-refractivity contribution is 0.645. The van der Waals surface area contributed by atoms with Crippen molar-refractivity contribution in [3.63, 3.8) is 0 Å². The van der Waals surface area contributed by atoms with Gasteiger partial charge in [0.2, 0.25) is 0 Å². The fourth-order valence-electron chi connectivity index (χ4n) is 1.41. The van der Waals surface area contributed by atoms with Crippen LogP contribution in [0.3, 0.4) is 0 Å². The number of pyridine rings is 1. The predicted molar refractivity (Wildman–Crippen MR) is 56.4 cm³/mol. The summed E-state index contributed by atoms with van der Waals surface area (Å²) in [5.41, 5.74) is 1.41. The van der Waals surface area contributed by atoms with E-state index >= 15 is 0 Å². The molecule has 0 aliphatic carbocycles. The Balaban J connectivity index is 2.07. The number of aryl methyl sites for hydroxylation is 1. The highest BCUT2D eigenvalue weighted by molar-refractivity contribution is 5.09. The maximum absolute atomic E-state index is 3.99. The van der Waals surface area contributed by atoms with Crippen LogP contribution in [0.25, 0.3) is 0 Å². The molecular formula is C12H18N. The molecule has 1 radical (unpaired) electrons. The van der Waals surface area contributed by atoms with E-state index in [-0.39, 0.29) is 0 Å². The second kappa shape index (κ2) is 6.64. The second-order valence-corrected chi connectivity index (χ2v) is 3.37. The largest absolute Gasteiger partial charge is 0.265 e. The summed E-state index contributed by atoms with van der Waals surface area (Å²) < 4.78 is 0. The second-order valence-electron chi connectivity index (χ2n) is 3.37. The van der Waals surface area contributed by atoms with E-state index in [2.05, 4.69) is 24.0 Å². The Bertz CT molecular complexity index is 206. The number of hydrogen-bond acceptors (Lipinski definition) is 1. The molecule has 0 fully saturated rings. The molecular weight excluding hydrogens is 158 g/mol. The van der Waals surface area contributed by atoms with Gasteiger partial charge >= 0.3 is 0 Å². The van der Waals surface area contributed by atoms with Crippen LogP contribution in [0.2, 0.25) is 0 Å². The molecule has 0 unspecified atom stereocenters. The molecule has 0 bridgehead atoms. The average molecular weight is 176 g/mol. The highest BCUT2D eigenvalue weighted by Gasteiger charge is 1.91. The van der Waals surface area contributed by atoms with Gasteiger partial charge in [-0.1, -0.05) is 32.6 Å². The SMILES string of the molecule is [CH2]CCCCCCc1ccncc1. The molecule has 1 rings (SSSR count). The highest BCUT2D eigenvalue weighted by Crippen LogP contribution is 2.07. The van der Waals surface area contributed by atoms with Crippen molar-refractivity contribution >= 4 is 0 Å². The van der Waals surface area contributed by atoms with Crippen LogP contribution in [0.15, 0.2) is 24.5 Å². The summed E-state index contributed by atoms with van der Waals surface area (Å²) in [6.45, 7) is 3.83. The molecule has 13 heavy (non-hydrogen) atoms. The molecule has 1 heteroatoms. The maximum Gasteiger partial charge on any atom is 0.0270 e. The third-order valence-electron chi connectivity index (χ3n) is 2.21. The van der Waals surface area contributed by atoms with Crippen LogP contribution in [0.4, 0.5) is 0 Å². The van der Waals surface area contributed by atoms with Gasteiger partial charge in [-0.25, -0.2) is 0 Å². The minimum absolute atomic E-state index is 1.08. The summed E-state index contributed by atoms with van der Waals surface area (Å²) in [6, 6.07) is 4.20. The minimum Gasteiger partial charge on any atom is -0.265 e. The molecule has 1 heterocycles. The van der Waals surface area contributed by atoms with Gasteiger partial charge < -0.3 is 0 Å². The van der Waals surface area contributed by atoms with E-state index in [0.29, 0.717) is 0 Å². The van der Waals surface area contributed by atoms with Gasteiger partial charge in [0.05, 0.1) is 0 Å². The van der Waals surface area contributed by atoms with Crippen molar-refractivity contribution in [2.24, 2.45) is 0 Å². The number of nitrogens with zero attached hydrogens (tertiary/aromatic N) is 1. The number of unbranched alkanes of at least 4 members (excludes halogenated alkanes) is 4. The molecule has 0 N–H and O–H groups in total. The van der Waals surface area contributed by atoms with Crippen LogP contribution < -0.4 is 0 Å². The molecule has 0 spiro atoms.